The fourth-order valence-electron chi connectivity index (χ4n) is 2.71. The quantitative estimate of drug-likeness (QED) is 0.858. The molecule has 112 valence electrons. The van der Waals surface area contributed by atoms with Crippen LogP contribution in [-0.2, 0) is 6.42 Å². The van der Waals surface area contributed by atoms with Gasteiger partial charge in [-0.3, -0.25) is 0 Å². The molecule has 2 nitrogen and oxygen atoms in total. The van der Waals surface area contributed by atoms with Gasteiger partial charge >= 0.3 is 0 Å². The maximum Gasteiger partial charge on any atom is 0.125 e. The average molecular weight is 325 g/mol. The summed E-state index contributed by atoms with van der Waals surface area (Å²) in [5.74, 6) is -0.312. The van der Waals surface area contributed by atoms with Gasteiger partial charge in [0.2, 0.25) is 0 Å². The van der Waals surface area contributed by atoms with Crippen molar-refractivity contribution in [2.45, 2.75) is 38.6 Å². The van der Waals surface area contributed by atoms with Crippen LogP contribution in [-0.4, -0.2) is 11.5 Å². The Hall–Kier alpha value is -0.970. The number of hydrogen-bond acceptors (Lipinski definition) is 3. The standard InChI is InChI=1S/C16H18ClFN2S/c1-2-8-19-13-4-3-5-14-15(13)21-16(20-14)11-7-6-10(18)9-12(11)17/h6-7,9,13,19H,2-5,8H2,1H3. The predicted molar refractivity (Wildman–Crippen MR) is 86.5 cm³/mol. The average Bonchev–Trinajstić information content (AvgIpc) is 2.89. The van der Waals surface area contributed by atoms with Crippen molar-refractivity contribution in [2.75, 3.05) is 6.54 Å². The third-order valence-corrected chi connectivity index (χ3v) is 5.31. The molecule has 0 aliphatic heterocycles. The van der Waals surface area contributed by atoms with Gasteiger partial charge in [0.05, 0.1) is 10.7 Å². The van der Waals surface area contributed by atoms with Crippen molar-refractivity contribution in [1.82, 2.24) is 10.3 Å². The second-order valence-electron chi connectivity index (χ2n) is 5.35. The van der Waals surface area contributed by atoms with E-state index in [2.05, 4.69) is 12.2 Å². The summed E-state index contributed by atoms with van der Waals surface area (Å²) in [6, 6.07) is 4.91. The van der Waals surface area contributed by atoms with Crippen LogP contribution in [0.15, 0.2) is 18.2 Å². The van der Waals surface area contributed by atoms with Gasteiger partial charge in [0.1, 0.15) is 10.8 Å². The Morgan fingerprint density at radius 1 is 1.48 bits per heavy atom. The van der Waals surface area contributed by atoms with Gasteiger partial charge < -0.3 is 5.32 Å². The summed E-state index contributed by atoms with van der Waals surface area (Å²) in [6.07, 6.45) is 4.47. The van der Waals surface area contributed by atoms with Gasteiger partial charge in [0.15, 0.2) is 0 Å². The second-order valence-corrected chi connectivity index (χ2v) is 6.79. The van der Waals surface area contributed by atoms with Crippen molar-refractivity contribution in [3.8, 4) is 10.6 Å². The zero-order valence-electron chi connectivity index (χ0n) is 12.0. The molecule has 3 rings (SSSR count). The summed E-state index contributed by atoms with van der Waals surface area (Å²) < 4.78 is 13.2. The minimum atomic E-state index is -0.312. The van der Waals surface area contributed by atoms with Gasteiger partial charge in [-0.1, -0.05) is 18.5 Å². The van der Waals surface area contributed by atoms with Gasteiger partial charge in [-0.2, -0.15) is 0 Å². The first-order chi connectivity index (χ1) is 10.2. The number of aryl methyl sites for hydroxylation is 1. The maximum absolute atomic E-state index is 13.2. The molecule has 2 aromatic rings. The smallest absolute Gasteiger partial charge is 0.125 e. The van der Waals surface area contributed by atoms with E-state index >= 15 is 0 Å². The van der Waals surface area contributed by atoms with Crippen molar-refractivity contribution in [3.05, 3.63) is 39.6 Å². The highest BCUT2D eigenvalue weighted by atomic mass is 35.5. The predicted octanol–water partition coefficient (Wildman–Crippen LogP) is 4.98. The van der Waals surface area contributed by atoms with E-state index in [1.165, 1.54) is 22.7 Å². The van der Waals surface area contributed by atoms with Crippen LogP contribution >= 0.6 is 22.9 Å². The van der Waals surface area contributed by atoms with Crippen molar-refractivity contribution < 1.29 is 4.39 Å². The molecule has 0 saturated heterocycles. The van der Waals surface area contributed by atoms with Crippen LogP contribution in [0.1, 0.15) is 42.8 Å². The van der Waals surface area contributed by atoms with E-state index < -0.39 is 0 Å². The van der Waals surface area contributed by atoms with Crippen molar-refractivity contribution in [2.24, 2.45) is 0 Å². The van der Waals surface area contributed by atoms with Gasteiger partial charge in [-0.25, -0.2) is 9.37 Å². The Morgan fingerprint density at radius 3 is 3.10 bits per heavy atom. The minimum absolute atomic E-state index is 0.312. The lowest BCUT2D eigenvalue weighted by Gasteiger charge is -2.22. The Morgan fingerprint density at radius 2 is 2.33 bits per heavy atom. The van der Waals surface area contributed by atoms with E-state index in [4.69, 9.17) is 16.6 Å². The number of rotatable bonds is 4. The number of nitrogens with zero attached hydrogens (tertiary/aromatic N) is 1. The molecule has 5 heteroatoms. The van der Waals surface area contributed by atoms with E-state index in [1.54, 1.807) is 17.4 Å². The lowest BCUT2D eigenvalue weighted by atomic mass is 9.98. The summed E-state index contributed by atoms with van der Waals surface area (Å²) in [5, 5.41) is 4.92. The largest absolute Gasteiger partial charge is 0.309 e. The molecule has 1 aliphatic carbocycles. The summed E-state index contributed by atoms with van der Waals surface area (Å²) >= 11 is 7.85. The minimum Gasteiger partial charge on any atom is -0.309 e. The molecule has 21 heavy (non-hydrogen) atoms. The van der Waals surface area contributed by atoms with Crippen LogP contribution in [0.3, 0.4) is 0 Å². The zero-order chi connectivity index (χ0) is 14.8. The Labute approximate surface area is 133 Å². The molecular weight excluding hydrogens is 307 g/mol. The fraction of sp³-hybridized carbons (Fsp3) is 0.438. The van der Waals surface area contributed by atoms with Crippen molar-refractivity contribution in [1.29, 1.82) is 0 Å². The number of benzene rings is 1. The van der Waals surface area contributed by atoms with Gasteiger partial charge in [-0.15, -0.1) is 11.3 Å². The summed E-state index contributed by atoms with van der Waals surface area (Å²) in [4.78, 5) is 6.07. The molecule has 1 unspecified atom stereocenters. The van der Waals surface area contributed by atoms with E-state index in [9.17, 15) is 4.39 Å². The number of aromatic nitrogens is 1. The summed E-state index contributed by atoms with van der Waals surface area (Å²) in [7, 11) is 0. The Balaban J connectivity index is 1.94. The van der Waals surface area contributed by atoms with Crippen LogP contribution in [0.25, 0.3) is 10.6 Å². The van der Waals surface area contributed by atoms with Gasteiger partial charge in [0.25, 0.3) is 0 Å². The van der Waals surface area contributed by atoms with E-state index in [0.717, 1.165) is 42.8 Å². The molecule has 1 aromatic heterocycles. The third-order valence-electron chi connectivity index (χ3n) is 3.75. The van der Waals surface area contributed by atoms with Crippen molar-refractivity contribution >= 4 is 22.9 Å². The Bertz CT molecular complexity index is 641. The normalized spacial score (nSPS) is 17.8. The fourth-order valence-corrected chi connectivity index (χ4v) is 4.28. The van der Waals surface area contributed by atoms with Crippen molar-refractivity contribution in [3.63, 3.8) is 0 Å². The van der Waals surface area contributed by atoms with Crippen LogP contribution in [0.5, 0.6) is 0 Å². The molecule has 1 aliphatic rings. The molecule has 0 radical (unpaired) electrons. The van der Waals surface area contributed by atoms with Crippen LogP contribution in [0.4, 0.5) is 4.39 Å². The molecule has 1 heterocycles. The van der Waals surface area contributed by atoms with E-state index in [0.29, 0.717) is 11.1 Å². The molecule has 0 spiro atoms. The molecule has 1 aromatic carbocycles. The first kappa shape index (κ1) is 14.9. The number of halogens is 2. The molecule has 0 amide bonds. The van der Waals surface area contributed by atoms with Crippen LogP contribution < -0.4 is 5.32 Å². The summed E-state index contributed by atoms with van der Waals surface area (Å²) in [6.45, 7) is 3.20. The van der Waals surface area contributed by atoms with E-state index in [1.807, 2.05) is 0 Å². The molecule has 1 N–H and O–H groups in total. The lowest BCUT2D eigenvalue weighted by Crippen LogP contribution is -2.24. The van der Waals surface area contributed by atoms with E-state index in [-0.39, 0.29) is 5.82 Å². The topological polar surface area (TPSA) is 24.9 Å². The molecular formula is C16H18ClFN2S. The third kappa shape index (κ3) is 3.12. The maximum atomic E-state index is 13.2. The van der Waals surface area contributed by atoms with Crippen LogP contribution in [0.2, 0.25) is 5.02 Å². The number of fused-ring (bicyclic) bond motifs is 1. The highest BCUT2D eigenvalue weighted by Crippen LogP contribution is 2.39. The first-order valence-corrected chi connectivity index (χ1v) is 8.57. The Kier molecular flexibility index (Phi) is 4.57. The highest BCUT2D eigenvalue weighted by molar-refractivity contribution is 7.15. The number of thiazole rings is 1. The SMILES string of the molecule is CCCNC1CCCc2nc(-c3ccc(F)cc3Cl)sc21. The first-order valence-electron chi connectivity index (χ1n) is 7.37. The second kappa shape index (κ2) is 6.42. The highest BCUT2D eigenvalue weighted by Gasteiger charge is 2.25. The molecule has 0 bridgehead atoms. The number of nitrogens with one attached hydrogen (secondary N) is 1. The van der Waals surface area contributed by atoms with Crippen LogP contribution in [0, 0.1) is 5.82 Å². The zero-order valence-corrected chi connectivity index (χ0v) is 13.5. The van der Waals surface area contributed by atoms with Gasteiger partial charge in [-0.05, 0) is 50.4 Å². The molecule has 0 fully saturated rings. The number of hydrogen-bond donors (Lipinski definition) is 1. The monoisotopic (exact) mass is 324 g/mol. The summed E-state index contributed by atoms with van der Waals surface area (Å²) in [5.41, 5.74) is 2.00. The molecule has 0 saturated carbocycles. The lowest BCUT2D eigenvalue weighted by molar-refractivity contribution is 0.465. The van der Waals surface area contributed by atoms with Gasteiger partial charge in [0, 0.05) is 16.5 Å². The molecule has 1 atom stereocenters.